The van der Waals surface area contributed by atoms with Gasteiger partial charge >= 0.3 is 8.56 Å². The zero-order valence-corrected chi connectivity index (χ0v) is 14.9. The summed E-state index contributed by atoms with van der Waals surface area (Å²) in [5.74, 6) is 0. The normalized spacial score (nSPS) is 11.3. The highest BCUT2D eigenvalue weighted by molar-refractivity contribution is 6.64. The SMILES string of the molecule is C[Si](C)(OCc1cccc([N+](=O)[O-])c1)OCc1cccc([N+](=O)[O-])c1. The molecule has 2 aromatic carbocycles. The molecule has 9 heteroatoms. The van der Waals surface area contributed by atoms with Gasteiger partial charge in [0.15, 0.2) is 0 Å². The quantitative estimate of drug-likeness (QED) is 0.400. The summed E-state index contributed by atoms with van der Waals surface area (Å²) >= 11 is 0. The van der Waals surface area contributed by atoms with Crippen molar-refractivity contribution in [2.75, 3.05) is 0 Å². The number of nitro benzene ring substituents is 2. The maximum Gasteiger partial charge on any atom is 0.332 e. The van der Waals surface area contributed by atoms with Crippen molar-refractivity contribution in [3.63, 3.8) is 0 Å². The Morgan fingerprint density at radius 1 is 0.840 bits per heavy atom. The third kappa shape index (κ3) is 5.75. The van der Waals surface area contributed by atoms with Crippen molar-refractivity contribution in [1.82, 2.24) is 0 Å². The molecule has 0 spiro atoms. The van der Waals surface area contributed by atoms with E-state index in [4.69, 9.17) is 8.85 Å². The van der Waals surface area contributed by atoms with E-state index in [1.54, 1.807) is 24.3 Å². The summed E-state index contributed by atoms with van der Waals surface area (Å²) in [6, 6.07) is 12.5. The molecule has 0 atom stereocenters. The number of nitrogens with zero attached hydrogens (tertiary/aromatic N) is 2. The molecule has 2 aromatic rings. The van der Waals surface area contributed by atoms with Crippen molar-refractivity contribution >= 4 is 19.9 Å². The van der Waals surface area contributed by atoms with Gasteiger partial charge in [-0.15, -0.1) is 0 Å². The van der Waals surface area contributed by atoms with Gasteiger partial charge in [-0.1, -0.05) is 24.3 Å². The molecule has 0 saturated heterocycles. The second kappa shape index (κ2) is 7.97. The van der Waals surface area contributed by atoms with Crippen molar-refractivity contribution in [3.8, 4) is 0 Å². The fourth-order valence-corrected chi connectivity index (χ4v) is 3.19. The van der Waals surface area contributed by atoms with Gasteiger partial charge in [-0.05, 0) is 24.2 Å². The summed E-state index contributed by atoms with van der Waals surface area (Å²) in [5.41, 5.74) is 1.40. The van der Waals surface area contributed by atoms with Crippen molar-refractivity contribution in [2.24, 2.45) is 0 Å². The van der Waals surface area contributed by atoms with Crippen LogP contribution in [0, 0.1) is 20.2 Å². The van der Waals surface area contributed by atoms with Gasteiger partial charge in [-0.25, -0.2) is 0 Å². The predicted molar refractivity (Wildman–Crippen MR) is 93.3 cm³/mol. The number of nitro groups is 2. The van der Waals surface area contributed by atoms with Gasteiger partial charge in [-0.3, -0.25) is 20.2 Å². The van der Waals surface area contributed by atoms with E-state index < -0.39 is 18.4 Å². The molecule has 0 saturated carbocycles. The van der Waals surface area contributed by atoms with Crippen molar-refractivity contribution in [2.45, 2.75) is 26.3 Å². The Bertz CT molecular complexity index is 717. The molecule has 0 aliphatic carbocycles. The zero-order chi connectivity index (χ0) is 18.4. The van der Waals surface area contributed by atoms with Crippen molar-refractivity contribution in [3.05, 3.63) is 79.9 Å². The van der Waals surface area contributed by atoms with E-state index in [-0.39, 0.29) is 24.6 Å². The molecule has 0 heterocycles. The lowest BCUT2D eigenvalue weighted by Crippen LogP contribution is -2.34. The average Bonchev–Trinajstić information content (AvgIpc) is 2.59. The molecule has 0 amide bonds. The van der Waals surface area contributed by atoms with E-state index in [2.05, 4.69) is 0 Å². The Balaban J connectivity index is 1.93. The van der Waals surface area contributed by atoms with Crippen LogP contribution in [-0.2, 0) is 22.1 Å². The molecule has 0 radical (unpaired) electrons. The van der Waals surface area contributed by atoms with Gasteiger partial charge in [0.05, 0.1) is 23.1 Å². The van der Waals surface area contributed by atoms with Crippen LogP contribution in [0.25, 0.3) is 0 Å². The summed E-state index contributed by atoms with van der Waals surface area (Å²) in [4.78, 5) is 20.7. The summed E-state index contributed by atoms with van der Waals surface area (Å²) in [6.07, 6.45) is 0. The van der Waals surface area contributed by atoms with E-state index in [0.29, 0.717) is 11.1 Å². The highest BCUT2D eigenvalue weighted by Gasteiger charge is 2.25. The van der Waals surface area contributed by atoms with Gasteiger partial charge < -0.3 is 8.85 Å². The predicted octanol–water partition coefficient (Wildman–Crippen LogP) is 3.94. The van der Waals surface area contributed by atoms with Crippen LogP contribution >= 0.6 is 0 Å². The Morgan fingerprint density at radius 2 is 1.24 bits per heavy atom. The van der Waals surface area contributed by atoms with Crippen LogP contribution in [0.3, 0.4) is 0 Å². The molecule has 0 aliphatic rings. The van der Waals surface area contributed by atoms with E-state index in [9.17, 15) is 20.2 Å². The van der Waals surface area contributed by atoms with E-state index in [1.165, 1.54) is 24.3 Å². The molecule has 0 bridgehead atoms. The molecule has 0 fully saturated rings. The first-order valence-corrected chi connectivity index (χ1v) is 10.3. The third-order valence-corrected chi connectivity index (χ3v) is 5.09. The molecule has 132 valence electrons. The zero-order valence-electron chi connectivity index (χ0n) is 13.9. The first-order chi connectivity index (χ1) is 11.8. The van der Waals surface area contributed by atoms with Crippen LogP contribution in [0.2, 0.25) is 13.1 Å². The molecule has 8 nitrogen and oxygen atoms in total. The van der Waals surface area contributed by atoms with Gasteiger partial charge in [0.1, 0.15) is 0 Å². The van der Waals surface area contributed by atoms with Crippen LogP contribution < -0.4 is 0 Å². The highest BCUT2D eigenvalue weighted by Crippen LogP contribution is 2.19. The molecule has 0 N–H and O–H groups in total. The molecule has 0 aliphatic heterocycles. The summed E-state index contributed by atoms with van der Waals surface area (Å²) in [5, 5.41) is 21.6. The number of non-ortho nitro benzene ring substituents is 2. The van der Waals surface area contributed by atoms with Gasteiger partial charge in [0.2, 0.25) is 0 Å². The number of rotatable bonds is 8. The van der Waals surface area contributed by atoms with Crippen LogP contribution in [0.15, 0.2) is 48.5 Å². The van der Waals surface area contributed by atoms with Gasteiger partial charge in [0, 0.05) is 24.3 Å². The molecule has 0 unspecified atom stereocenters. The maximum atomic E-state index is 10.8. The minimum atomic E-state index is -2.50. The first kappa shape index (κ1) is 18.7. The topological polar surface area (TPSA) is 105 Å². The lowest BCUT2D eigenvalue weighted by molar-refractivity contribution is -0.385. The average molecular weight is 362 g/mol. The smallest absolute Gasteiger partial charge is 0.332 e. The monoisotopic (exact) mass is 362 g/mol. The molecular weight excluding hydrogens is 344 g/mol. The lowest BCUT2D eigenvalue weighted by atomic mass is 10.2. The summed E-state index contributed by atoms with van der Waals surface area (Å²) < 4.78 is 11.6. The van der Waals surface area contributed by atoms with Crippen molar-refractivity contribution < 1.29 is 18.7 Å². The van der Waals surface area contributed by atoms with Crippen molar-refractivity contribution in [1.29, 1.82) is 0 Å². The summed E-state index contributed by atoms with van der Waals surface area (Å²) in [6.45, 7) is 4.11. The summed E-state index contributed by atoms with van der Waals surface area (Å²) in [7, 11) is -2.50. The molecular formula is C16H18N2O6Si. The maximum absolute atomic E-state index is 10.8. The minimum Gasteiger partial charge on any atom is -0.390 e. The second-order valence-electron chi connectivity index (χ2n) is 5.83. The first-order valence-electron chi connectivity index (χ1n) is 7.51. The van der Waals surface area contributed by atoms with E-state index >= 15 is 0 Å². The fraction of sp³-hybridized carbons (Fsp3) is 0.250. The number of benzene rings is 2. The Kier molecular flexibility index (Phi) is 5.96. The highest BCUT2D eigenvalue weighted by atomic mass is 28.4. The van der Waals surface area contributed by atoms with E-state index in [1.807, 2.05) is 13.1 Å². The fourth-order valence-electron chi connectivity index (χ4n) is 2.08. The Morgan fingerprint density at radius 3 is 1.60 bits per heavy atom. The van der Waals surface area contributed by atoms with Crippen LogP contribution in [0.4, 0.5) is 11.4 Å². The lowest BCUT2D eigenvalue weighted by Gasteiger charge is -2.23. The number of hydrogen-bond donors (Lipinski definition) is 0. The van der Waals surface area contributed by atoms with Gasteiger partial charge in [-0.2, -0.15) is 0 Å². The Labute approximate surface area is 145 Å². The van der Waals surface area contributed by atoms with Crippen LogP contribution in [0.5, 0.6) is 0 Å². The second-order valence-corrected chi connectivity index (χ2v) is 9.21. The standard InChI is InChI=1S/C16H18N2O6Si/c1-25(2,23-11-13-5-3-7-15(9-13)17(19)20)24-12-14-6-4-8-16(10-14)18(21)22/h3-10H,11-12H2,1-2H3. The van der Waals surface area contributed by atoms with Gasteiger partial charge in [0.25, 0.3) is 11.4 Å². The molecule has 2 rings (SSSR count). The van der Waals surface area contributed by atoms with E-state index in [0.717, 1.165) is 0 Å². The molecule has 0 aromatic heterocycles. The minimum absolute atomic E-state index is 0.0121. The number of hydrogen-bond acceptors (Lipinski definition) is 6. The largest absolute Gasteiger partial charge is 0.390 e. The Hall–Kier alpha value is -2.62. The van der Waals surface area contributed by atoms with Crippen LogP contribution in [-0.4, -0.2) is 18.4 Å². The molecule has 25 heavy (non-hydrogen) atoms. The van der Waals surface area contributed by atoms with Crippen LogP contribution in [0.1, 0.15) is 11.1 Å². The third-order valence-electron chi connectivity index (χ3n) is 3.42.